The molecule has 6 heteroatoms. The van der Waals surface area contributed by atoms with Crippen molar-refractivity contribution in [2.45, 2.75) is 33.0 Å². The van der Waals surface area contributed by atoms with Crippen molar-refractivity contribution in [3.8, 4) is 0 Å². The van der Waals surface area contributed by atoms with Crippen molar-refractivity contribution in [2.24, 2.45) is 0 Å². The lowest BCUT2D eigenvalue weighted by Gasteiger charge is -2.18. The van der Waals surface area contributed by atoms with Gasteiger partial charge < -0.3 is 18.9 Å². The fraction of sp³-hybridized carbons (Fsp3) is 0.600. The molecule has 0 aliphatic carbocycles. The second-order valence-corrected chi connectivity index (χ2v) is 6.80. The monoisotopic (exact) mass is 316 g/mol. The molecule has 0 spiro atoms. The molecule has 0 fully saturated rings. The maximum absolute atomic E-state index is 12.2. The van der Waals surface area contributed by atoms with Crippen LogP contribution in [-0.4, -0.2) is 37.2 Å². The zero-order valence-corrected chi connectivity index (χ0v) is 13.6. The average molecular weight is 316 g/mol. The standard InChI is InChI=1S/C15H25O5P/c1-3-19-21(17,20-4-2)11-10-15(16)13-18-12-14-8-6-5-7-9-14/h5-9,15-16H,3-4,10-13H2,1-2H3/t15-/m1/s1. The summed E-state index contributed by atoms with van der Waals surface area (Å²) in [5.41, 5.74) is 1.05. The van der Waals surface area contributed by atoms with Crippen LogP contribution < -0.4 is 0 Å². The van der Waals surface area contributed by atoms with Crippen LogP contribution in [0.4, 0.5) is 0 Å². The predicted molar refractivity (Wildman–Crippen MR) is 82.4 cm³/mol. The SMILES string of the molecule is CCOP(=O)(CC[C@@H](O)COCc1ccccc1)OCC. The van der Waals surface area contributed by atoms with E-state index in [-0.39, 0.29) is 12.8 Å². The lowest BCUT2D eigenvalue weighted by atomic mass is 10.2. The van der Waals surface area contributed by atoms with Crippen LogP contribution in [0.15, 0.2) is 30.3 Å². The molecule has 0 saturated carbocycles. The van der Waals surface area contributed by atoms with Gasteiger partial charge in [-0.2, -0.15) is 0 Å². The molecular weight excluding hydrogens is 291 g/mol. The topological polar surface area (TPSA) is 65.0 Å². The lowest BCUT2D eigenvalue weighted by Crippen LogP contribution is -2.17. The molecule has 1 atom stereocenters. The van der Waals surface area contributed by atoms with Crippen LogP contribution in [0.2, 0.25) is 0 Å². The summed E-state index contributed by atoms with van der Waals surface area (Å²) in [6.07, 6.45) is -0.153. The maximum Gasteiger partial charge on any atom is 0.330 e. The molecule has 0 saturated heterocycles. The van der Waals surface area contributed by atoms with Crippen molar-refractivity contribution in [2.75, 3.05) is 26.0 Å². The Balaban J connectivity index is 2.26. The van der Waals surface area contributed by atoms with E-state index in [1.807, 2.05) is 30.3 Å². The van der Waals surface area contributed by atoms with Gasteiger partial charge in [0.15, 0.2) is 0 Å². The van der Waals surface area contributed by atoms with Crippen LogP contribution in [0, 0.1) is 0 Å². The highest BCUT2D eigenvalue weighted by atomic mass is 31.2. The average Bonchev–Trinajstić information content (AvgIpc) is 2.47. The van der Waals surface area contributed by atoms with E-state index in [1.165, 1.54) is 0 Å². The van der Waals surface area contributed by atoms with Crippen molar-refractivity contribution < 1.29 is 23.5 Å². The second-order valence-electron chi connectivity index (χ2n) is 4.61. The van der Waals surface area contributed by atoms with Crippen molar-refractivity contribution in [1.82, 2.24) is 0 Å². The van der Waals surface area contributed by atoms with Gasteiger partial charge in [-0.1, -0.05) is 30.3 Å². The summed E-state index contributed by atoms with van der Waals surface area (Å²) in [4.78, 5) is 0. The summed E-state index contributed by atoms with van der Waals surface area (Å²) in [6, 6.07) is 9.75. The minimum Gasteiger partial charge on any atom is -0.391 e. The molecule has 0 radical (unpaired) electrons. The smallest absolute Gasteiger partial charge is 0.330 e. The molecule has 0 aromatic heterocycles. The van der Waals surface area contributed by atoms with Crippen molar-refractivity contribution >= 4 is 7.60 Å². The van der Waals surface area contributed by atoms with Gasteiger partial charge >= 0.3 is 7.60 Å². The summed E-state index contributed by atoms with van der Waals surface area (Å²) < 4.78 is 28.0. The minimum atomic E-state index is -3.08. The second kappa shape index (κ2) is 10.1. The van der Waals surface area contributed by atoms with E-state index in [4.69, 9.17) is 13.8 Å². The fourth-order valence-corrected chi connectivity index (χ4v) is 3.57. The summed E-state index contributed by atoms with van der Waals surface area (Å²) in [6.45, 7) is 4.85. The predicted octanol–water partition coefficient (Wildman–Crippen LogP) is 3.22. The van der Waals surface area contributed by atoms with E-state index >= 15 is 0 Å². The lowest BCUT2D eigenvalue weighted by molar-refractivity contribution is 0.0264. The summed E-state index contributed by atoms with van der Waals surface area (Å²) in [7, 11) is -3.08. The van der Waals surface area contributed by atoms with Gasteiger partial charge in [-0.25, -0.2) is 0 Å². The summed E-state index contributed by atoms with van der Waals surface area (Å²) in [5.74, 6) is 0. The minimum absolute atomic E-state index is 0.199. The highest BCUT2D eigenvalue weighted by molar-refractivity contribution is 7.53. The molecule has 1 rings (SSSR count). The first kappa shape index (κ1) is 18.3. The number of hydrogen-bond acceptors (Lipinski definition) is 5. The molecule has 5 nitrogen and oxygen atoms in total. The third kappa shape index (κ3) is 7.74. The van der Waals surface area contributed by atoms with Gasteiger partial charge in [0.25, 0.3) is 0 Å². The third-order valence-electron chi connectivity index (χ3n) is 2.81. The first-order valence-electron chi connectivity index (χ1n) is 7.27. The van der Waals surface area contributed by atoms with E-state index in [0.717, 1.165) is 5.56 Å². The van der Waals surface area contributed by atoms with Crippen molar-refractivity contribution in [3.63, 3.8) is 0 Å². The van der Waals surface area contributed by atoms with Gasteiger partial charge in [0.2, 0.25) is 0 Å². The van der Waals surface area contributed by atoms with Crippen LogP contribution in [0.5, 0.6) is 0 Å². The number of aliphatic hydroxyl groups is 1. The molecular formula is C15H25O5P. The van der Waals surface area contributed by atoms with E-state index in [0.29, 0.717) is 26.2 Å². The highest BCUT2D eigenvalue weighted by Gasteiger charge is 2.24. The Morgan fingerprint density at radius 1 is 1.14 bits per heavy atom. The normalized spacial score (nSPS) is 13.3. The Hall–Kier alpha value is -0.710. The van der Waals surface area contributed by atoms with E-state index < -0.39 is 13.7 Å². The molecule has 1 aromatic rings. The Morgan fingerprint density at radius 2 is 1.76 bits per heavy atom. The van der Waals surface area contributed by atoms with Gasteiger partial charge in [0.05, 0.1) is 38.7 Å². The number of hydrogen-bond donors (Lipinski definition) is 1. The highest BCUT2D eigenvalue weighted by Crippen LogP contribution is 2.48. The van der Waals surface area contributed by atoms with Crippen LogP contribution in [0.1, 0.15) is 25.8 Å². The molecule has 1 aromatic carbocycles. The Kier molecular flexibility index (Phi) is 8.81. The molecule has 1 N–H and O–H groups in total. The molecule has 0 aliphatic heterocycles. The summed E-state index contributed by atoms with van der Waals surface area (Å²) in [5, 5.41) is 9.87. The van der Waals surface area contributed by atoms with E-state index in [1.54, 1.807) is 13.8 Å². The van der Waals surface area contributed by atoms with Crippen molar-refractivity contribution in [3.05, 3.63) is 35.9 Å². The molecule has 21 heavy (non-hydrogen) atoms. The van der Waals surface area contributed by atoms with Gasteiger partial charge in [-0.15, -0.1) is 0 Å². The molecule has 0 bridgehead atoms. The van der Waals surface area contributed by atoms with Crippen LogP contribution >= 0.6 is 7.60 Å². The van der Waals surface area contributed by atoms with Gasteiger partial charge in [0.1, 0.15) is 0 Å². The Bertz CT molecular complexity index is 413. The maximum atomic E-state index is 12.2. The number of aliphatic hydroxyl groups excluding tert-OH is 1. The van der Waals surface area contributed by atoms with Gasteiger partial charge in [-0.3, -0.25) is 4.57 Å². The Morgan fingerprint density at radius 3 is 2.33 bits per heavy atom. The number of rotatable bonds is 11. The summed E-state index contributed by atoms with van der Waals surface area (Å²) >= 11 is 0. The molecule has 0 amide bonds. The van der Waals surface area contributed by atoms with Crippen LogP contribution in [-0.2, 0) is 25.0 Å². The molecule has 0 heterocycles. The molecule has 120 valence electrons. The van der Waals surface area contributed by atoms with Gasteiger partial charge in [-0.05, 0) is 25.8 Å². The largest absolute Gasteiger partial charge is 0.391 e. The molecule has 0 unspecified atom stereocenters. The van der Waals surface area contributed by atoms with Gasteiger partial charge in [0, 0.05) is 0 Å². The number of benzene rings is 1. The molecule has 0 aliphatic rings. The zero-order chi connectivity index (χ0) is 15.6. The first-order chi connectivity index (χ1) is 10.1. The Labute approximate surface area is 126 Å². The third-order valence-corrected chi connectivity index (χ3v) is 4.92. The number of ether oxygens (including phenoxy) is 1. The van der Waals surface area contributed by atoms with E-state index in [2.05, 4.69) is 0 Å². The quantitative estimate of drug-likeness (QED) is 0.635. The van der Waals surface area contributed by atoms with Crippen molar-refractivity contribution in [1.29, 1.82) is 0 Å². The fourth-order valence-electron chi connectivity index (χ4n) is 1.84. The van der Waals surface area contributed by atoms with E-state index in [9.17, 15) is 9.67 Å². The first-order valence-corrected chi connectivity index (χ1v) is 9.00. The van der Waals surface area contributed by atoms with Crippen LogP contribution in [0.3, 0.4) is 0 Å². The van der Waals surface area contributed by atoms with Crippen LogP contribution in [0.25, 0.3) is 0 Å². The zero-order valence-electron chi connectivity index (χ0n) is 12.7.